The Morgan fingerprint density at radius 1 is 1.14 bits per heavy atom. The van der Waals surface area contributed by atoms with Crippen molar-refractivity contribution in [1.29, 1.82) is 0 Å². The van der Waals surface area contributed by atoms with Crippen LogP contribution in [0.25, 0.3) is 0 Å². The predicted molar refractivity (Wildman–Crippen MR) is 130 cm³/mol. The van der Waals surface area contributed by atoms with Crippen LogP contribution < -0.4 is 10.6 Å². The number of thiophene rings is 1. The second-order valence-electron chi connectivity index (χ2n) is 6.40. The van der Waals surface area contributed by atoms with Crippen molar-refractivity contribution in [2.45, 2.75) is 33.2 Å². The molecule has 2 aromatic rings. The SMILES string of the molecule is CCN(CC)C(=O)c1ccc(CNC(=NC)NCC(C)c2cccs2)cc1.I. The van der Waals surface area contributed by atoms with E-state index in [1.54, 1.807) is 18.4 Å². The van der Waals surface area contributed by atoms with E-state index in [-0.39, 0.29) is 29.9 Å². The number of aliphatic imine (C=N–C) groups is 1. The Bertz CT molecular complexity index is 727. The summed E-state index contributed by atoms with van der Waals surface area (Å²) in [5.41, 5.74) is 1.84. The van der Waals surface area contributed by atoms with Gasteiger partial charge in [0, 0.05) is 49.6 Å². The van der Waals surface area contributed by atoms with E-state index in [1.807, 2.05) is 43.0 Å². The number of nitrogens with one attached hydrogen (secondary N) is 2. The van der Waals surface area contributed by atoms with Gasteiger partial charge in [-0.15, -0.1) is 35.3 Å². The Hall–Kier alpha value is -1.61. The lowest BCUT2D eigenvalue weighted by molar-refractivity contribution is 0.0773. The Balaban J connectivity index is 0.00000392. The van der Waals surface area contributed by atoms with Gasteiger partial charge in [-0.1, -0.05) is 25.1 Å². The van der Waals surface area contributed by atoms with Crippen molar-refractivity contribution in [3.8, 4) is 0 Å². The number of carbonyl (C=O) groups is 1. The molecule has 0 radical (unpaired) electrons. The van der Waals surface area contributed by atoms with Crippen LogP contribution in [0.5, 0.6) is 0 Å². The highest BCUT2D eigenvalue weighted by molar-refractivity contribution is 14.0. The fourth-order valence-electron chi connectivity index (χ4n) is 2.79. The molecule has 0 bridgehead atoms. The maximum atomic E-state index is 12.4. The Morgan fingerprint density at radius 2 is 1.82 bits per heavy atom. The van der Waals surface area contributed by atoms with Gasteiger partial charge in [-0.2, -0.15) is 0 Å². The molecule has 28 heavy (non-hydrogen) atoms. The summed E-state index contributed by atoms with van der Waals surface area (Å²) in [6, 6.07) is 12.0. The predicted octanol–water partition coefficient (Wildman–Crippen LogP) is 4.32. The topological polar surface area (TPSA) is 56.7 Å². The number of amides is 1. The number of hydrogen-bond acceptors (Lipinski definition) is 3. The maximum Gasteiger partial charge on any atom is 0.253 e. The fourth-order valence-corrected chi connectivity index (χ4v) is 3.57. The van der Waals surface area contributed by atoms with Gasteiger partial charge in [0.05, 0.1) is 0 Å². The number of halogens is 1. The van der Waals surface area contributed by atoms with Crippen LogP contribution in [0.4, 0.5) is 0 Å². The fraction of sp³-hybridized carbons (Fsp3) is 0.429. The molecule has 1 atom stereocenters. The number of rotatable bonds is 8. The molecule has 0 spiro atoms. The molecule has 154 valence electrons. The van der Waals surface area contributed by atoms with Crippen molar-refractivity contribution in [2.75, 3.05) is 26.7 Å². The first-order chi connectivity index (χ1) is 13.1. The van der Waals surface area contributed by atoms with E-state index in [4.69, 9.17) is 0 Å². The van der Waals surface area contributed by atoms with Crippen molar-refractivity contribution >= 4 is 47.2 Å². The summed E-state index contributed by atoms with van der Waals surface area (Å²) in [7, 11) is 1.77. The molecule has 1 heterocycles. The third-order valence-electron chi connectivity index (χ3n) is 4.54. The van der Waals surface area contributed by atoms with Crippen LogP contribution in [0, 0.1) is 0 Å². The van der Waals surface area contributed by atoms with Gasteiger partial charge < -0.3 is 15.5 Å². The molecule has 1 aromatic carbocycles. The molecule has 5 nitrogen and oxygen atoms in total. The number of carbonyl (C=O) groups excluding carboxylic acids is 1. The van der Waals surface area contributed by atoms with Crippen molar-refractivity contribution in [1.82, 2.24) is 15.5 Å². The number of guanidine groups is 1. The monoisotopic (exact) mass is 514 g/mol. The lowest BCUT2D eigenvalue weighted by Gasteiger charge is -2.19. The summed E-state index contributed by atoms with van der Waals surface area (Å²) in [6.45, 7) is 9.15. The van der Waals surface area contributed by atoms with Crippen molar-refractivity contribution in [3.05, 3.63) is 57.8 Å². The number of nitrogens with zero attached hydrogens (tertiary/aromatic N) is 2. The molecule has 0 aliphatic rings. The second-order valence-corrected chi connectivity index (χ2v) is 7.38. The number of benzene rings is 1. The van der Waals surface area contributed by atoms with Crippen molar-refractivity contribution < 1.29 is 4.79 Å². The van der Waals surface area contributed by atoms with E-state index in [0.29, 0.717) is 12.5 Å². The molecule has 2 N–H and O–H groups in total. The summed E-state index contributed by atoms with van der Waals surface area (Å²) in [4.78, 5) is 19.8. The van der Waals surface area contributed by atoms with E-state index in [2.05, 4.69) is 40.1 Å². The van der Waals surface area contributed by atoms with Crippen LogP contribution in [-0.4, -0.2) is 43.4 Å². The lowest BCUT2D eigenvalue weighted by Crippen LogP contribution is -2.38. The van der Waals surface area contributed by atoms with E-state index < -0.39 is 0 Å². The van der Waals surface area contributed by atoms with Crippen LogP contribution in [0.2, 0.25) is 0 Å². The highest BCUT2D eigenvalue weighted by atomic mass is 127. The zero-order valence-corrected chi connectivity index (χ0v) is 20.2. The van der Waals surface area contributed by atoms with E-state index >= 15 is 0 Å². The van der Waals surface area contributed by atoms with Crippen molar-refractivity contribution in [3.63, 3.8) is 0 Å². The minimum atomic E-state index is 0. The molecular weight excluding hydrogens is 483 g/mol. The molecule has 1 aromatic heterocycles. The highest BCUT2D eigenvalue weighted by Crippen LogP contribution is 2.19. The molecule has 0 aliphatic heterocycles. The maximum absolute atomic E-state index is 12.4. The van der Waals surface area contributed by atoms with E-state index in [0.717, 1.165) is 36.7 Å². The van der Waals surface area contributed by atoms with Crippen LogP contribution in [0.15, 0.2) is 46.8 Å². The Kier molecular flexibility index (Phi) is 11.1. The van der Waals surface area contributed by atoms with E-state index in [9.17, 15) is 4.79 Å². The minimum Gasteiger partial charge on any atom is -0.356 e. The van der Waals surface area contributed by atoms with Gasteiger partial charge in [0.1, 0.15) is 0 Å². The molecule has 7 heteroatoms. The highest BCUT2D eigenvalue weighted by Gasteiger charge is 2.12. The van der Waals surface area contributed by atoms with Gasteiger partial charge in [-0.25, -0.2) is 0 Å². The first kappa shape index (κ1) is 24.4. The summed E-state index contributed by atoms with van der Waals surface area (Å²) >= 11 is 1.78. The molecule has 1 unspecified atom stereocenters. The first-order valence-corrected chi connectivity index (χ1v) is 10.3. The van der Waals surface area contributed by atoms with Gasteiger partial charge in [0.25, 0.3) is 5.91 Å². The first-order valence-electron chi connectivity index (χ1n) is 9.45. The summed E-state index contributed by atoms with van der Waals surface area (Å²) < 4.78 is 0. The van der Waals surface area contributed by atoms with Crippen LogP contribution in [0.3, 0.4) is 0 Å². The summed E-state index contributed by atoms with van der Waals surface area (Å²) in [6.07, 6.45) is 0. The largest absolute Gasteiger partial charge is 0.356 e. The molecule has 0 fully saturated rings. The smallest absolute Gasteiger partial charge is 0.253 e. The molecule has 2 rings (SSSR count). The molecule has 0 saturated carbocycles. The molecule has 0 saturated heterocycles. The Labute approximate surface area is 189 Å². The third-order valence-corrected chi connectivity index (χ3v) is 5.64. The average molecular weight is 514 g/mol. The molecular formula is C21H31IN4OS. The summed E-state index contributed by atoms with van der Waals surface area (Å²) in [5.74, 6) is 1.30. The number of hydrogen-bond donors (Lipinski definition) is 2. The Morgan fingerprint density at radius 3 is 2.36 bits per heavy atom. The minimum absolute atomic E-state index is 0. The quantitative estimate of drug-likeness (QED) is 0.314. The average Bonchev–Trinajstić information content (AvgIpc) is 3.24. The van der Waals surface area contributed by atoms with E-state index in [1.165, 1.54) is 4.88 Å². The van der Waals surface area contributed by atoms with Gasteiger partial charge in [-0.3, -0.25) is 9.79 Å². The van der Waals surface area contributed by atoms with Gasteiger partial charge in [-0.05, 0) is 43.0 Å². The zero-order valence-electron chi connectivity index (χ0n) is 17.1. The normalized spacial score (nSPS) is 12.1. The van der Waals surface area contributed by atoms with Crippen LogP contribution in [0.1, 0.15) is 47.5 Å². The lowest BCUT2D eigenvalue weighted by atomic mass is 10.1. The third kappa shape index (κ3) is 7.09. The van der Waals surface area contributed by atoms with Crippen LogP contribution >= 0.6 is 35.3 Å². The molecule has 1 amide bonds. The van der Waals surface area contributed by atoms with Crippen LogP contribution in [-0.2, 0) is 6.54 Å². The summed E-state index contributed by atoms with van der Waals surface area (Å²) in [5, 5.41) is 8.80. The standard InChI is InChI=1S/C21H30N4OS.HI/c1-5-25(6-2)20(26)18-11-9-17(10-12-18)15-24-21(22-4)23-14-16(3)19-8-7-13-27-19;/h7-13,16H,5-6,14-15H2,1-4H3,(H2,22,23,24);1H. The van der Waals surface area contributed by atoms with Gasteiger partial charge >= 0.3 is 0 Å². The van der Waals surface area contributed by atoms with Crippen molar-refractivity contribution in [2.24, 2.45) is 4.99 Å². The molecule has 0 aliphatic carbocycles. The zero-order chi connectivity index (χ0) is 19.6. The van der Waals surface area contributed by atoms with Gasteiger partial charge in [0.2, 0.25) is 0 Å². The van der Waals surface area contributed by atoms with Gasteiger partial charge in [0.15, 0.2) is 5.96 Å². The second kappa shape index (κ2) is 12.8.